The first kappa shape index (κ1) is 23.9. The molecule has 0 saturated carbocycles. The van der Waals surface area contributed by atoms with Crippen molar-refractivity contribution >= 4 is 27.4 Å². The molecule has 0 bridgehead atoms. The zero-order valence-electron chi connectivity index (χ0n) is 18.8. The average Bonchev–Trinajstić information content (AvgIpc) is 2.88. The minimum atomic E-state index is -3.49. The van der Waals surface area contributed by atoms with E-state index in [1.165, 1.54) is 12.1 Å². The highest BCUT2D eigenvalue weighted by Gasteiger charge is 2.17. The van der Waals surface area contributed by atoms with E-state index in [1.54, 1.807) is 84.9 Å². The highest BCUT2D eigenvalue weighted by atomic mass is 32.2. The van der Waals surface area contributed by atoms with E-state index in [0.717, 1.165) is 0 Å². The van der Waals surface area contributed by atoms with Gasteiger partial charge in [-0.3, -0.25) is 4.79 Å². The predicted molar refractivity (Wildman–Crippen MR) is 134 cm³/mol. The predicted octanol–water partition coefficient (Wildman–Crippen LogP) is 5.27. The summed E-state index contributed by atoms with van der Waals surface area (Å²) >= 11 is 0. The number of benzene rings is 4. The molecule has 176 valence electrons. The first-order valence-electron chi connectivity index (χ1n) is 10.9. The summed E-state index contributed by atoms with van der Waals surface area (Å²) in [5, 5.41) is 2.74. The van der Waals surface area contributed by atoms with Gasteiger partial charge in [-0.1, -0.05) is 72.8 Å². The van der Waals surface area contributed by atoms with E-state index in [4.69, 9.17) is 4.74 Å². The van der Waals surface area contributed by atoms with Crippen LogP contribution in [0.3, 0.4) is 0 Å². The summed E-state index contributed by atoms with van der Waals surface area (Å²) in [4.78, 5) is 25.4. The SMILES string of the molecule is O=C(Nc1ccccc1C(=O)OCc1ccc(S(=O)(=O)Cc2ccccc2)cc1)c1ccccc1. The Bertz CT molecular complexity index is 1420. The van der Waals surface area contributed by atoms with Crippen molar-refractivity contribution in [2.45, 2.75) is 17.3 Å². The smallest absolute Gasteiger partial charge is 0.340 e. The van der Waals surface area contributed by atoms with Gasteiger partial charge in [0.2, 0.25) is 0 Å². The van der Waals surface area contributed by atoms with Crippen LogP contribution >= 0.6 is 0 Å². The van der Waals surface area contributed by atoms with E-state index in [2.05, 4.69) is 5.32 Å². The van der Waals surface area contributed by atoms with Crippen LogP contribution in [-0.4, -0.2) is 20.3 Å². The molecule has 0 atom stereocenters. The number of hydrogen-bond donors (Lipinski definition) is 1. The first-order chi connectivity index (χ1) is 16.9. The third-order valence-corrected chi connectivity index (χ3v) is 6.99. The average molecular weight is 486 g/mol. The van der Waals surface area contributed by atoms with Gasteiger partial charge in [0.05, 0.1) is 21.9 Å². The maximum Gasteiger partial charge on any atom is 0.340 e. The summed E-state index contributed by atoms with van der Waals surface area (Å²) in [5.41, 5.74) is 2.39. The number of anilines is 1. The van der Waals surface area contributed by atoms with Gasteiger partial charge in [0.1, 0.15) is 6.61 Å². The van der Waals surface area contributed by atoms with Crippen molar-refractivity contribution in [2.24, 2.45) is 0 Å². The highest BCUT2D eigenvalue weighted by molar-refractivity contribution is 7.90. The van der Waals surface area contributed by atoms with Crippen molar-refractivity contribution in [1.29, 1.82) is 0 Å². The number of sulfone groups is 1. The fourth-order valence-corrected chi connectivity index (χ4v) is 4.80. The second-order valence-corrected chi connectivity index (χ2v) is 9.82. The molecule has 1 N–H and O–H groups in total. The van der Waals surface area contributed by atoms with Gasteiger partial charge < -0.3 is 10.1 Å². The number of nitrogens with one attached hydrogen (secondary N) is 1. The molecule has 0 saturated heterocycles. The molecule has 0 aliphatic rings. The van der Waals surface area contributed by atoms with Gasteiger partial charge in [-0.2, -0.15) is 0 Å². The summed E-state index contributed by atoms with van der Waals surface area (Å²) < 4.78 is 30.8. The van der Waals surface area contributed by atoms with Crippen molar-refractivity contribution < 1.29 is 22.7 Å². The van der Waals surface area contributed by atoms with Gasteiger partial charge in [0, 0.05) is 5.56 Å². The van der Waals surface area contributed by atoms with Crippen LogP contribution in [-0.2, 0) is 26.9 Å². The van der Waals surface area contributed by atoms with Gasteiger partial charge >= 0.3 is 5.97 Å². The lowest BCUT2D eigenvalue weighted by Crippen LogP contribution is -2.15. The van der Waals surface area contributed by atoms with Crippen LogP contribution in [0.2, 0.25) is 0 Å². The Labute approximate surface area is 204 Å². The zero-order chi connectivity index (χ0) is 24.7. The summed E-state index contributed by atoms with van der Waals surface area (Å²) in [6, 6.07) is 30.5. The Balaban J connectivity index is 1.40. The molecule has 0 heterocycles. The van der Waals surface area contributed by atoms with E-state index >= 15 is 0 Å². The molecule has 7 heteroatoms. The lowest BCUT2D eigenvalue weighted by molar-refractivity contribution is 0.0474. The van der Waals surface area contributed by atoms with E-state index in [9.17, 15) is 18.0 Å². The molecular formula is C28H23NO5S. The molecule has 4 rings (SSSR count). The number of amides is 1. The standard InChI is InChI=1S/C28H23NO5S/c30-27(23-11-5-2-6-12-23)29-26-14-8-7-13-25(26)28(31)34-19-21-15-17-24(18-16-21)35(32,33)20-22-9-3-1-4-10-22/h1-18H,19-20H2,(H,29,30). The van der Waals surface area contributed by atoms with Crippen LogP contribution in [0.4, 0.5) is 5.69 Å². The van der Waals surface area contributed by atoms with Gasteiger partial charge in [0.25, 0.3) is 5.91 Å². The van der Waals surface area contributed by atoms with Crippen molar-refractivity contribution in [2.75, 3.05) is 5.32 Å². The van der Waals surface area contributed by atoms with Crippen LogP contribution < -0.4 is 5.32 Å². The number of hydrogen-bond acceptors (Lipinski definition) is 5. The third-order valence-electron chi connectivity index (χ3n) is 5.28. The molecule has 4 aromatic rings. The van der Waals surface area contributed by atoms with Crippen molar-refractivity contribution in [1.82, 2.24) is 0 Å². The topological polar surface area (TPSA) is 89.5 Å². The molecule has 0 aromatic heterocycles. The van der Waals surface area contributed by atoms with Gasteiger partial charge in [0.15, 0.2) is 9.84 Å². The van der Waals surface area contributed by atoms with Gasteiger partial charge in [-0.25, -0.2) is 13.2 Å². The summed E-state index contributed by atoms with van der Waals surface area (Å²) in [6.07, 6.45) is 0. The number of rotatable bonds is 8. The lowest BCUT2D eigenvalue weighted by Gasteiger charge is -2.11. The Morgan fingerprint density at radius 2 is 1.29 bits per heavy atom. The first-order valence-corrected chi connectivity index (χ1v) is 12.6. The number of carbonyl (C=O) groups is 2. The Kier molecular flexibility index (Phi) is 7.38. The Morgan fingerprint density at radius 3 is 1.97 bits per heavy atom. The lowest BCUT2D eigenvalue weighted by atomic mass is 10.1. The quantitative estimate of drug-likeness (QED) is 0.344. The molecule has 0 aliphatic heterocycles. The molecule has 0 aliphatic carbocycles. The molecule has 6 nitrogen and oxygen atoms in total. The molecule has 0 radical (unpaired) electrons. The summed E-state index contributed by atoms with van der Waals surface area (Å²) in [6.45, 7) is -0.0428. The monoisotopic (exact) mass is 485 g/mol. The minimum Gasteiger partial charge on any atom is -0.457 e. The summed E-state index contributed by atoms with van der Waals surface area (Å²) in [5.74, 6) is -1.03. The van der Waals surface area contributed by atoms with Crippen LogP contribution in [0, 0.1) is 0 Å². The molecule has 0 spiro atoms. The number of ether oxygens (including phenoxy) is 1. The van der Waals surface area contributed by atoms with Crippen LogP contribution in [0.1, 0.15) is 31.8 Å². The number of esters is 1. The van der Waals surface area contributed by atoms with Crippen LogP contribution in [0.25, 0.3) is 0 Å². The molecule has 4 aromatic carbocycles. The zero-order valence-corrected chi connectivity index (χ0v) is 19.6. The normalized spacial score (nSPS) is 11.0. The fourth-order valence-electron chi connectivity index (χ4n) is 3.45. The Morgan fingerprint density at radius 1 is 0.686 bits per heavy atom. The van der Waals surface area contributed by atoms with Gasteiger partial charge in [-0.05, 0) is 47.5 Å². The van der Waals surface area contributed by atoms with Crippen LogP contribution in [0.15, 0.2) is 114 Å². The molecule has 0 fully saturated rings. The maximum absolute atomic E-state index is 12.7. The molecular weight excluding hydrogens is 462 g/mol. The fraction of sp³-hybridized carbons (Fsp3) is 0.0714. The number of carbonyl (C=O) groups excluding carboxylic acids is 2. The molecule has 0 unspecified atom stereocenters. The second-order valence-electron chi connectivity index (χ2n) is 7.83. The Hall–Kier alpha value is -4.23. The van der Waals surface area contributed by atoms with Gasteiger partial charge in [-0.15, -0.1) is 0 Å². The van der Waals surface area contributed by atoms with E-state index in [-0.39, 0.29) is 28.7 Å². The van der Waals surface area contributed by atoms with Crippen molar-refractivity contribution in [3.63, 3.8) is 0 Å². The second kappa shape index (κ2) is 10.8. The summed E-state index contributed by atoms with van der Waals surface area (Å²) in [7, 11) is -3.49. The third kappa shape index (κ3) is 6.22. The van der Waals surface area contributed by atoms with Crippen LogP contribution in [0.5, 0.6) is 0 Å². The largest absolute Gasteiger partial charge is 0.457 e. The van der Waals surface area contributed by atoms with E-state index < -0.39 is 15.8 Å². The van der Waals surface area contributed by atoms with E-state index in [1.807, 2.05) is 12.1 Å². The van der Waals surface area contributed by atoms with Crippen molar-refractivity contribution in [3.8, 4) is 0 Å². The minimum absolute atomic E-state index is 0.0428. The van der Waals surface area contributed by atoms with Crippen molar-refractivity contribution in [3.05, 3.63) is 131 Å². The van der Waals surface area contributed by atoms with E-state index in [0.29, 0.717) is 22.4 Å². The molecule has 35 heavy (non-hydrogen) atoms. The molecule has 1 amide bonds. The highest BCUT2D eigenvalue weighted by Crippen LogP contribution is 2.20. The maximum atomic E-state index is 12.7. The number of para-hydroxylation sites is 1.